The molecular weight excluding hydrogens is 224 g/mol. The number of anilines is 2. The summed E-state index contributed by atoms with van der Waals surface area (Å²) in [6.45, 7) is 3.78. The van der Waals surface area contributed by atoms with E-state index in [9.17, 15) is 0 Å². The second-order valence-electron chi connectivity index (χ2n) is 4.62. The van der Waals surface area contributed by atoms with E-state index in [1.54, 1.807) is 12.4 Å². The van der Waals surface area contributed by atoms with Crippen LogP contribution in [0.4, 0.5) is 11.5 Å². The lowest BCUT2D eigenvalue weighted by Crippen LogP contribution is -2.32. The Morgan fingerprint density at radius 3 is 2.89 bits per heavy atom. The number of nitrogen functional groups attached to an aromatic ring is 1. The van der Waals surface area contributed by atoms with Crippen molar-refractivity contribution in [2.45, 2.75) is 19.9 Å². The number of hydrogen-bond acceptors (Lipinski definition) is 4. The van der Waals surface area contributed by atoms with Crippen molar-refractivity contribution in [1.82, 2.24) is 9.97 Å². The zero-order valence-corrected chi connectivity index (χ0v) is 10.4. The number of aryl methyl sites for hydroxylation is 1. The minimum atomic E-state index is 0.821. The van der Waals surface area contributed by atoms with E-state index in [1.165, 1.54) is 11.1 Å². The lowest BCUT2D eigenvalue weighted by molar-refractivity contribution is 0.716. The molecule has 4 nitrogen and oxygen atoms in total. The van der Waals surface area contributed by atoms with Gasteiger partial charge in [-0.25, -0.2) is 4.98 Å². The first-order chi connectivity index (χ1) is 8.75. The summed E-state index contributed by atoms with van der Waals surface area (Å²) in [7, 11) is 0. The molecule has 0 saturated carbocycles. The summed E-state index contributed by atoms with van der Waals surface area (Å²) in [6, 6.07) is 6.15. The SMILES string of the molecule is Cc1nccnc1N1CCc2cccc(N)c2C1. The van der Waals surface area contributed by atoms with Gasteiger partial charge in [0.25, 0.3) is 0 Å². The van der Waals surface area contributed by atoms with Crippen LogP contribution in [0.25, 0.3) is 0 Å². The van der Waals surface area contributed by atoms with Gasteiger partial charge in [-0.05, 0) is 30.5 Å². The fourth-order valence-corrected chi connectivity index (χ4v) is 2.50. The van der Waals surface area contributed by atoms with Gasteiger partial charge in [-0.15, -0.1) is 0 Å². The highest BCUT2D eigenvalue weighted by Gasteiger charge is 2.20. The molecule has 1 aromatic carbocycles. The topological polar surface area (TPSA) is 55.0 Å². The molecule has 0 aliphatic carbocycles. The zero-order valence-electron chi connectivity index (χ0n) is 10.4. The molecule has 0 atom stereocenters. The summed E-state index contributed by atoms with van der Waals surface area (Å²) in [6.07, 6.45) is 4.48. The first-order valence-corrected chi connectivity index (χ1v) is 6.14. The number of nitrogens with zero attached hydrogens (tertiary/aromatic N) is 3. The lowest BCUT2D eigenvalue weighted by atomic mass is 9.98. The molecule has 0 amide bonds. The summed E-state index contributed by atoms with van der Waals surface area (Å²) in [5, 5.41) is 0. The van der Waals surface area contributed by atoms with E-state index in [-0.39, 0.29) is 0 Å². The maximum Gasteiger partial charge on any atom is 0.150 e. The highest BCUT2D eigenvalue weighted by atomic mass is 15.2. The van der Waals surface area contributed by atoms with Gasteiger partial charge in [0.05, 0.1) is 5.69 Å². The van der Waals surface area contributed by atoms with Crippen LogP contribution in [0.2, 0.25) is 0 Å². The number of hydrogen-bond donors (Lipinski definition) is 1. The Labute approximate surface area is 106 Å². The highest BCUT2D eigenvalue weighted by molar-refractivity contribution is 5.56. The summed E-state index contributed by atoms with van der Waals surface area (Å²) in [5.74, 6) is 0.964. The minimum Gasteiger partial charge on any atom is -0.398 e. The van der Waals surface area contributed by atoms with E-state index in [0.717, 1.165) is 36.7 Å². The Morgan fingerprint density at radius 1 is 1.22 bits per heavy atom. The average molecular weight is 240 g/mol. The standard InChI is InChI=1S/C14H16N4/c1-10-14(17-7-6-16-10)18-8-5-11-3-2-4-13(15)12(11)9-18/h2-4,6-7H,5,8-9,15H2,1H3. The number of nitrogens with two attached hydrogens (primary N) is 1. The molecule has 2 heterocycles. The summed E-state index contributed by atoms with van der Waals surface area (Å²) in [5.41, 5.74) is 10.5. The van der Waals surface area contributed by atoms with Crippen LogP contribution in [0, 0.1) is 6.92 Å². The fourth-order valence-electron chi connectivity index (χ4n) is 2.50. The number of aromatic nitrogens is 2. The van der Waals surface area contributed by atoms with E-state index < -0.39 is 0 Å². The van der Waals surface area contributed by atoms with Crippen LogP contribution in [0.3, 0.4) is 0 Å². The van der Waals surface area contributed by atoms with Gasteiger partial charge >= 0.3 is 0 Å². The molecule has 4 heteroatoms. The highest BCUT2D eigenvalue weighted by Crippen LogP contribution is 2.27. The molecule has 0 unspecified atom stereocenters. The van der Waals surface area contributed by atoms with Gasteiger partial charge in [-0.3, -0.25) is 4.98 Å². The first-order valence-electron chi connectivity index (χ1n) is 6.14. The van der Waals surface area contributed by atoms with Crippen LogP contribution in [0.15, 0.2) is 30.6 Å². The molecule has 0 fully saturated rings. The molecule has 92 valence electrons. The molecule has 0 spiro atoms. The van der Waals surface area contributed by atoms with Gasteiger partial charge in [0.1, 0.15) is 5.82 Å². The second-order valence-corrected chi connectivity index (χ2v) is 4.62. The monoisotopic (exact) mass is 240 g/mol. The summed E-state index contributed by atoms with van der Waals surface area (Å²) < 4.78 is 0. The van der Waals surface area contributed by atoms with Crippen molar-refractivity contribution >= 4 is 11.5 Å². The molecule has 1 aliphatic heterocycles. The molecule has 2 aromatic rings. The summed E-state index contributed by atoms with van der Waals surface area (Å²) >= 11 is 0. The predicted octanol–water partition coefficient (Wildman–Crippen LogP) is 1.93. The first kappa shape index (κ1) is 11.0. The Morgan fingerprint density at radius 2 is 2.06 bits per heavy atom. The van der Waals surface area contributed by atoms with Gasteiger partial charge < -0.3 is 10.6 Å². The largest absolute Gasteiger partial charge is 0.398 e. The van der Waals surface area contributed by atoms with Crippen molar-refractivity contribution in [1.29, 1.82) is 0 Å². The Hall–Kier alpha value is -2.10. The van der Waals surface area contributed by atoms with Crippen molar-refractivity contribution in [3.8, 4) is 0 Å². The Bertz CT molecular complexity index is 580. The van der Waals surface area contributed by atoms with Crippen LogP contribution in [-0.4, -0.2) is 16.5 Å². The molecule has 1 aromatic heterocycles. The third-order valence-electron chi connectivity index (χ3n) is 3.46. The van der Waals surface area contributed by atoms with Crippen LogP contribution in [-0.2, 0) is 13.0 Å². The van der Waals surface area contributed by atoms with Crippen molar-refractivity contribution in [2.75, 3.05) is 17.2 Å². The van der Waals surface area contributed by atoms with Gasteiger partial charge in [0, 0.05) is 31.2 Å². The molecule has 0 radical (unpaired) electrons. The van der Waals surface area contributed by atoms with Crippen LogP contribution < -0.4 is 10.6 Å². The lowest BCUT2D eigenvalue weighted by Gasteiger charge is -2.31. The maximum absolute atomic E-state index is 6.06. The van der Waals surface area contributed by atoms with Crippen molar-refractivity contribution < 1.29 is 0 Å². The maximum atomic E-state index is 6.06. The minimum absolute atomic E-state index is 0.821. The van der Waals surface area contributed by atoms with Crippen molar-refractivity contribution in [3.05, 3.63) is 47.4 Å². The van der Waals surface area contributed by atoms with Crippen LogP contribution in [0.5, 0.6) is 0 Å². The van der Waals surface area contributed by atoms with Gasteiger partial charge in [0.15, 0.2) is 0 Å². The molecule has 3 rings (SSSR count). The number of benzene rings is 1. The van der Waals surface area contributed by atoms with E-state index in [2.05, 4.69) is 20.9 Å². The number of fused-ring (bicyclic) bond motifs is 1. The van der Waals surface area contributed by atoms with E-state index in [4.69, 9.17) is 5.73 Å². The molecule has 1 aliphatic rings. The van der Waals surface area contributed by atoms with Gasteiger partial charge in [0.2, 0.25) is 0 Å². The molecule has 2 N–H and O–H groups in total. The third kappa shape index (κ3) is 1.79. The summed E-state index contributed by atoms with van der Waals surface area (Å²) in [4.78, 5) is 11.0. The molecular formula is C14H16N4. The Balaban J connectivity index is 1.96. The number of rotatable bonds is 1. The third-order valence-corrected chi connectivity index (χ3v) is 3.46. The zero-order chi connectivity index (χ0) is 12.5. The van der Waals surface area contributed by atoms with Crippen LogP contribution >= 0.6 is 0 Å². The second kappa shape index (κ2) is 4.29. The molecule has 0 bridgehead atoms. The Kier molecular flexibility index (Phi) is 2.63. The van der Waals surface area contributed by atoms with Crippen molar-refractivity contribution in [2.24, 2.45) is 0 Å². The van der Waals surface area contributed by atoms with Crippen molar-refractivity contribution in [3.63, 3.8) is 0 Å². The van der Waals surface area contributed by atoms with Gasteiger partial charge in [-0.1, -0.05) is 12.1 Å². The normalized spacial score (nSPS) is 14.4. The van der Waals surface area contributed by atoms with E-state index >= 15 is 0 Å². The predicted molar refractivity (Wildman–Crippen MR) is 72.4 cm³/mol. The smallest absolute Gasteiger partial charge is 0.150 e. The van der Waals surface area contributed by atoms with E-state index in [1.807, 2.05) is 19.1 Å². The average Bonchev–Trinajstić information content (AvgIpc) is 2.40. The molecule has 0 saturated heterocycles. The van der Waals surface area contributed by atoms with Crippen LogP contribution in [0.1, 0.15) is 16.8 Å². The van der Waals surface area contributed by atoms with Gasteiger partial charge in [-0.2, -0.15) is 0 Å². The fraction of sp³-hybridized carbons (Fsp3) is 0.286. The quantitative estimate of drug-likeness (QED) is 0.774. The van der Waals surface area contributed by atoms with E-state index in [0.29, 0.717) is 0 Å². The molecule has 18 heavy (non-hydrogen) atoms.